The third-order valence-electron chi connectivity index (χ3n) is 6.02. The van der Waals surface area contributed by atoms with E-state index in [1.54, 1.807) is 6.20 Å². The van der Waals surface area contributed by atoms with Crippen molar-refractivity contribution in [2.75, 3.05) is 25.0 Å². The van der Waals surface area contributed by atoms with Gasteiger partial charge in [0.15, 0.2) is 11.5 Å². The van der Waals surface area contributed by atoms with Crippen molar-refractivity contribution < 1.29 is 14.3 Å². The van der Waals surface area contributed by atoms with Crippen LogP contribution in [0.15, 0.2) is 79.5 Å². The Morgan fingerprint density at radius 3 is 2.60 bits per heavy atom. The van der Waals surface area contributed by atoms with E-state index in [-0.39, 0.29) is 5.91 Å². The molecular weight excluding hydrogens is 442 g/mol. The van der Waals surface area contributed by atoms with E-state index in [0.29, 0.717) is 42.0 Å². The summed E-state index contributed by atoms with van der Waals surface area (Å²) in [6.45, 7) is 5.78. The van der Waals surface area contributed by atoms with E-state index in [4.69, 9.17) is 9.47 Å². The number of ether oxygens (including phenoxy) is 2. The molecule has 0 saturated carbocycles. The number of piperidine rings is 1. The molecule has 3 heterocycles. The zero-order chi connectivity index (χ0) is 24.0. The summed E-state index contributed by atoms with van der Waals surface area (Å²) in [6.07, 6.45) is 5.10. The van der Waals surface area contributed by atoms with E-state index in [2.05, 4.69) is 27.1 Å². The summed E-state index contributed by atoms with van der Waals surface area (Å²) in [6, 6.07) is 18.9. The topological polar surface area (TPSA) is 92.4 Å². The van der Waals surface area contributed by atoms with Crippen LogP contribution in [0.5, 0.6) is 23.0 Å². The summed E-state index contributed by atoms with van der Waals surface area (Å²) in [5.74, 6) is 3.83. The summed E-state index contributed by atoms with van der Waals surface area (Å²) in [7, 11) is 0. The lowest BCUT2D eigenvalue weighted by molar-refractivity contribution is -0.127. The van der Waals surface area contributed by atoms with Crippen molar-refractivity contribution in [3.05, 3.63) is 79.5 Å². The molecule has 178 valence electrons. The number of hydrogen-bond acceptors (Lipinski definition) is 6. The average Bonchev–Trinajstić information content (AvgIpc) is 3.33. The third kappa shape index (κ3) is 5.27. The number of fused-ring (bicyclic) bond motifs is 1. The highest BCUT2D eigenvalue weighted by Crippen LogP contribution is 2.34. The van der Waals surface area contributed by atoms with E-state index in [9.17, 15) is 4.79 Å². The number of benzene rings is 2. The molecule has 0 spiro atoms. The minimum atomic E-state index is -0.0139. The van der Waals surface area contributed by atoms with Gasteiger partial charge in [-0.15, -0.1) is 0 Å². The number of amides is 1. The summed E-state index contributed by atoms with van der Waals surface area (Å²) in [5, 5.41) is 11.6. The van der Waals surface area contributed by atoms with Crippen LogP contribution < -0.4 is 14.8 Å². The minimum Gasteiger partial charge on any atom is -0.457 e. The van der Waals surface area contributed by atoms with Crippen LogP contribution in [0.3, 0.4) is 0 Å². The summed E-state index contributed by atoms with van der Waals surface area (Å²) in [4.78, 5) is 18.2. The number of H-pyrrole nitrogens is 1. The zero-order valence-electron chi connectivity index (χ0n) is 19.3. The Labute approximate surface area is 203 Å². The second-order valence-corrected chi connectivity index (χ2v) is 8.47. The van der Waals surface area contributed by atoms with Crippen LogP contribution in [-0.2, 0) is 4.79 Å². The molecule has 2 aromatic heterocycles. The number of para-hydroxylation sites is 1. The highest BCUT2D eigenvalue weighted by atomic mass is 16.5. The number of pyridine rings is 1. The fraction of sp³-hybridized carbons (Fsp3) is 0.222. The van der Waals surface area contributed by atoms with Crippen molar-refractivity contribution in [1.29, 1.82) is 0 Å². The first-order valence-electron chi connectivity index (χ1n) is 11.7. The molecule has 0 bridgehead atoms. The van der Waals surface area contributed by atoms with Crippen molar-refractivity contribution in [2.45, 2.75) is 12.8 Å². The standard InChI is InChI=1S/C27H27N5O3/c1-2-24(33)32-16-6-7-19(18-32)17-29-27-25-23(14-15-28-26(25)30-31-27)35-22-12-10-21(11-13-22)34-20-8-4-3-5-9-20/h2-5,8-15,19H,1,6-7,16-18H2,(H2,28,29,30,31)/t19-/m0/s1. The van der Waals surface area contributed by atoms with Crippen molar-refractivity contribution in [1.82, 2.24) is 20.1 Å². The molecule has 0 aliphatic carbocycles. The third-order valence-corrected chi connectivity index (χ3v) is 6.02. The molecule has 1 aliphatic rings. The molecule has 35 heavy (non-hydrogen) atoms. The normalized spacial score (nSPS) is 15.5. The van der Waals surface area contributed by atoms with Crippen LogP contribution in [0.4, 0.5) is 5.82 Å². The van der Waals surface area contributed by atoms with Gasteiger partial charge in [0, 0.05) is 31.9 Å². The van der Waals surface area contributed by atoms with Gasteiger partial charge in [-0.3, -0.25) is 9.89 Å². The van der Waals surface area contributed by atoms with E-state index in [1.807, 2.05) is 65.6 Å². The molecule has 0 radical (unpaired) electrons. The second-order valence-electron chi connectivity index (χ2n) is 8.47. The molecule has 1 aliphatic heterocycles. The number of aromatic amines is 1. The molecule has 1 fully saturated rings. The van der Waals surface area contributed by atoms with Crippen LogP contribution in [0.25, 0.3) is 11.0 Å². The Bertz CT molecular complexity index is 1300. The van der Waals surface area contributed by atoms with Crippen LogP contribution in [-0.4, -0.2) is 45.6 Å². The maximum Gasteiger partial charge on any atom is 0.245 e. The van der Waals surface area contributed by atoms with Crippen molar-refractivity contribution in [2.24, 2.45) is 5.92 Å². The van der Waals surface area contributed by atoms with Gasteiger partial charge in [0.25, 0.3) is 0 Å². The number of anilines is 1. The number of rotatable bonds is 8. The molecule has 5 rings (SSSR count). The first kappa shape index (κ1) is 22.5. The van der Waals surface area contributed by atoms with E-state index >= 15 is 0 Å². The highest BCUT2D eigenvalue weighted by molar-refractivity contribution is 5.93. The van der Waals surface area contributed by atoms with Gasteiger partial charge in [-0.05, 0) is 61.2 Å². The lowest BCUT2D eigenvalue weighted by atomic mass is 9.98. The number of carbonyl (C=O) groups excluding carboxylic acids is 1. The van der Waals surface area contributed by atoms with Gasteiger partial charge in [-0.1, -0.05) is 24.8 Å². The van der Waals surface area contributed by atoms with Crippen molar-refractivity contribution in [3.8, 4) is 23.0 Å². The van der Waals surface area contributed by atoms with Crippen LogP contribution >= 0.6 is 0 Å². The summed E-state index contributed by atoms with van der Waals surface area (Å²) >= 11 is 0. The molecule has 2 N–H and O–H groups in total. The van der Waals surface area contributed by atoms with Gasteiger partial charge in [0.1, 0.15) is 28.4 Å². The predicted octanol–water partition coefficient (Wildman–Crippen LogP) is 5.38. The van der Waals surface area contributed by atoms with Gasteiger partial charge >= 0.3 is 0 Å². The Balaban J connectivity index is 1.28. The van der Waals surface area contributed by atoms with E-state index in [0.717, 1.165) is 36.3 Å². The lowest BCUT2D eigenvalue weighted by Gasteiger charge is -2.32. The largest absolute Gasteiger partial charge is 0.457 e. The number of hydrogen-bond donors (Lipinski definition) is 2. The van der Waals surface area contributed by atoms with Crippen molar-refractivity contribution in [3.63, 3.8) is 0 Å². The quantitative estimate of drug-likeness (QED) is 0.337. The van der Waals surface area contributed by atoms with Crippen LogP contribution in [0, 0.1) is 5.92 Å². The van der Waals surface area contributed by atoms with Gasteiger partial charge in [-0.2, -0.15) is 5.10 Å². The first-order chi connectivity index (χ1) is 17.2. The van der Waals surface area contributed by atoms with Gasteiger partial charge in [-0.25, -0.2) is 4.98 Å². The first-order valence-corrected chi connectivity index (χ1v) is 11.7. The maximum absolute atomic E-state index is 12.0. The van der Waals surface area contributed by atoms with Crippen molar-refractivity contribution >= 4 is 22.8 Å². The summed E-state index contributed by atoms with van der Waals surface area (Å²) in [5.41, 5.74) is 0.640. The molecule has 8 heteroatoms. The van der Waals surface area contributed by atoms with Crippen LogP contribution in [0.2, 0.25) is 0 Å². The lowest BCUT2D eigenvalue weighted by Crippen LogP contribution is -2.41. The number of nitrogens with zero attached hydrogens (tertiary/aromatic N) is 3. The van der Waals surface area contributed by atoms with E-state index < -0.39 is 0 Å². The zero-order valence-corrected chi connectivity index (χ0v) is 19.3. The maximum atomic E-state index is 12.0. The molecule has 1 amide bonds. The molecule has 2 aromatic carbocycles. The molecular formula is C27H27N5O3. The second kappa shape index (κ2) is 10.3. The minimum absolute atomic E-state index is 0.0139. The fourth-order valence-corrected chi connectivity index (χ4v) is 4.26. The highest BCUT2D eigenvalue weighted by Gasteiger charge is 2.23. The SMILES string of the molecule is C=CC(=O)N1CCC[C@@H](CNc2n[nH]c3nccc(Oc4ccc(Oc5ccccc5)cc4)c23)C1. The Kier molecular flexibility index (Phi) is 6.61. The van der Waals surface area contributed by atoms with Gasteiger partial charge < -0.3 is 19.7 Å². The number of likely N-dealkylation sites (tertiary alicyclic amines) is 1. The number of nitrogens with one attached hydrogen (secondary N) is 2. The fourth-order valence-electron chi connectivity index (χ4n) is 4.26. The number of aromatic nitrogens is 3. The molecule has 1 saturated heterocycles. The average molecular weight is 470 g/mol. The Morgan fingerprint density at radius 2 is 1.83 bits per heavy atom. The number of carbonyl (C=O) groups is 1. The molecule has 1 atom stereocenters. The monoisotopic (exact) mass is 469 g/mol. The van der Waals surface area contributed by atoms with Gasteiger partial charge in [0.05, 0.1) is 0 Å². The molecule has 4 aromatic rings. The van der Waals surface area contributed by atoms with Gasteiger partial charge in [0.2, 0.25) is 5.91 Å². The summed E-state index contributed by atoms with van der Waals surface area (Å²) < 4.78 is 12.1. The Hall–Kier alpha value is -4.33. The van der Waals surface area contributed by atoms with Crippen LogP contribution in [0.1, 0.15) is 12.8 Å². The smallest absolute Gasteiger partial charge is 0.245 e. The predicted molar refractivity (Wildman–Crippen MR) is 135 cm³/mol. The molecule has 8 nitrogen and oxygen atoms in total. The molecule has 0 unspecified atom stereocenters. The van der Waals surface area contributed by atoms with E-state index in [1.165, 1.54) is 6.08 Å². The Morgan fingerprint density at radius 1 is 1.09 bits per heavy atom.